The van der Waals surface area contributed by atoms with Gasteiger partial charge in [0.1, 0.15) is 0 Å². The maximum absolute atomic E-state index is 11.5. The van der Waals surface area contributed by atoms with E-state index in [1.54, 1.807) is 4.90 Å². The fourth-order valence-electron chi connectivity index (χ4n) is 0.709. The Kier molecular flexibility index (Phi) is 11.6. The van der Waals surface area contributed by atoms with Gasteiger partial charge in [0.05, 0.1) is 0 Å². The molecule has 100 valence electrons. The van der Waals surface area contributed by atoms with Crippen LogP contribution in [0.2, 0.25) is 0 Å². The maximum atomic E-state index is 11.5. The average Bonchev–Trinajstić information content (AvgIpc) is 2.18. The number of carbonyl (C=O) groups excluding carboxylic acids is 1. The molecule has 0 saturated heterocycles. The normalized spacial score (nSPS) is 10.4. The third-order valence-electron chi connectivity index (χ3n) is 1.29. The summed E-state index contributed by atoms with van der Waals surface area (Å²) in [6.45, 7) is 7.84. The predicted octanol–water partition coefficient (Wildman–Crippen LogP) is -1.08. The SMILES string of the molecule is CCC[I-]CN(C)C(=O)OC(C)(C)C.CO. The number of aliphatic hydroxyl groups excluding tert-OH is 1. The van der Waals surface area contributed by atoms with Gasteiger partial charge in [-0.1, -0.05) is 0 Å². The third-order valence-corrected chi connectivity index (χ3v) is 4.64. The number of rotatable bonds is 4. The van der Waals surface area contributed by atoms with Gasteiger partial charge in [-0.15, -0.1) is 0 Å². The van der Waals surface area contributed by atoms with Crippen molar-refractivity contribution >= 4 is 6.09 Å². The van der Waals surface area contributed by atoms with Crippen molar-refractivity contribution in [2.45, 2.75) is 39.7 Å². The predicted molar refractivity (Wildman–Crippen MR) is 62.2 cm³/mol. The van der Waals surface area contributed by atoms with Crippen molar-refractivity contribution in [1.82, 2.24) is 4.90 Å². The second kappa shape index (κ2) is 10.1. The fraction of sp³-hybridized carbons (Fsp3) is 0.909. The molecule has 0 fully saturated rings. The van der Waals surface area contributed by atoms with Gasteiger partial charge in [0.25, 0.3) is 0 Å². The summed E-state index contributed by atoms with van der Waals surface area (Å²) >= 11 is 0.133. The van der Waals surface area contributed by atoms with Gasteiger partial charge in [-0.05, 0) is 0 Å². The Labute approximate surface area is 110 Å². The molecule has 0 aliphatic rings. The van der Waals surface area contributed by atoms with Gasteiger partial charge >= 0.3 is 97.5 Å². The standard InChI is InChI=1S/C10H21INO2.CH4O/c1-6-7-11-8-12(5)9(13)14-10(2,3)4;1-2/h6-8H2,1-5H3;2H,1H3/q-1;. The maximum Gasteiger partial charge on any atom is 0.0319 e. The van der Waals surface area contributed by atoms with E-state index in [1.165, 1.54) is 10.8 Å². The molecule has 0 aromatic heterocycles. The number of ether oxygens (including phenoxy) is 1. The van der Waals surface area contributed by atoms with E-state index >= 15 is 0 Å². The number of nitrogens with zero attached hydrogens (tertiary/aromatic N) is 1. The van der Waals surface area contributed by atoms with Crippen LogP contribution in [0.1, 0.15) is 34.1 Å². The smallest absolute Gasteiger partial charge is 0.0319 e. The Morgan fingerprint density at radius 1 is 1.38 bits per heavy atom. The molecule has 0 bridgehead atoms. The molecule has 1 N–H and O–H groups in total. The van der Waals surface area contributed by atoms with Crippen LogP contribution in [0.15, 0.2) is 0 Å². The summed E-state index contributed by atoms with van der Waals surface area (Å²) in [4.78, 5) is 13.2. The van der Waals surface area contributed by atoms with Gasteiger partial charge in [-0.25, -0.2) is 0 Å². The second-order valence-electron chi connectivity index (χ2n) is 4.18. The first-order valence-corrected chi connectivity index (χ1v) is 8.34. The second-order valence-corrected chi connectivity index (χ2v) is 7.02. The molecule has 1 amide bonds. The number of hydrogen-bond donors (Lipinski definition) is 1. The molecular formula is C11H25INO3-. The monoisotopic (exact) mass is 346 g/mol. The molecule has 0 aromatic rings. The summed E-state index contributed by atoms with van der Waals surface area (Å²) in [5.74, 6) is 0. The van der Waals surface area contributed by atoms with E-state index in [1.807, 2.05) is 27.8 Å². The first-order chi connectivity index (χ1) is 7.37. The van der Waals surface area contributed by atoms with E-state index in [0.29, 0.717) is 0 Å². The molecule has 0 radical (unpaired) electrons. The molecule has 4 nitrogen and oxygen atoms in total. The summed E-state index contributed by atoms with van der Waals surface area (Å²) in [6.07, 6.45) is 1.02. The van der Waals surface area contributed by atoms with E-state index in [4.69, 9.17) is 9.84 Å². The minimum absolute atomic E-state index is 0.133. The van der Waals surface area contributed by atoms with E-state index in [2.05, 4.69) is 6.92 Å². The molecule has 0 spiro atoms. The largest absolute Gasteiger partial charge is 0.400 e. The van der Waals surface area contributed by atoms with E-state index in [0.717, 1.165) is 11.7 Å². The Morgan fingerprint density at radius 3 is 2.25 bits per heavy atom. The minimum Gasteiger partial charge on any atom is -0.400 e. The van der Waals surface area contributed by atoms with Crippen LogP contribution in [0.5, 0.6) is 0 Å². The van der Waals surface area contributed by atoms with Crippen molar-refractivity contribution in [2.75, 3.05) is 23.1 Å². The van der Waals surface area contributed by atoms with Crippen LogP contribution in [0, 0.1) is 0 Å². The van der Waals surface area contributed by atoms with Crippen LogP contribution in [0.4, 0.5) is 4.79 Å². The van der Waals surface area contributed by atoms with Crippen molar-refractivity contribution < 1.29 is 35.8 Å². The van der Waals surface area contributed by atoms with Gasteiger partial charge in [-0.3, -0.25) is 0 Å². The summed E-state index contributed by atoms with van der Waals surface area (Å²) in [7, 11) is 2.81. The Hall–Kier alpha value is -0.0400. The molecule has 0 saturated carbocycles. The van der Waals surface area contributed by atoms with Crippen LogP contribution in [0.25, 0.3) is 0 Å². The van der Waals surface area contributed by atoms with E-state index < -0.39 is 0 Å². The van der Waals surface area contributed by atoms with Crippen molar-refractivity contribution in [3.05, 3.63) is 0 Å². The average molecular weight is 346 g/mol. The molecule has 0 aliphatic carbocycles. The zero-order chi connectivity index (χ0) is 13.2. The molecule has 0 heterocycles. The molecule has 0 aliphatic heterocycles. The number of amides is 1. The van der Waals surface area contributed by atoms with Crippen molar-refractivity contribution in [3.63, 3.8) is 0 Å². The first kappa shape index (κ1) is 18.3. The molecule has 0 aromatic carbocycles. The summed E-state index contributed by atoms with van der Waals surface area (Å²) in [5.41, 5.74) is -0.381. The third kappa shape index (κ3) is 12.0. The Balaban J connectivity index is 0. The molecule has 0 unspecified atom stereocenters. The van der Waals surface area contributed by atoms with E-state index in [9.17, 15) is 4.79 Å². The van der Waals surface area contributed by atoms with Gasteiger partial charge in [0.2, 0.25) is 0 Å². The minimum atomic E-state index is -0.381. The Bertz CT molecular complexity index is 181. The quantitative estimate of drug-likeness (QED) is 0.305. The summed E-state index contributed by atoms with van der Waals surface area (Å²) < 4.78 is 7.40. The van der Waals surface area contributed by atoms with Crippen molar-refractivity contribution in [2.24, 2.45) is 0 Å². The van der Waals surface area contributed by atoms with E-state index in [-0.39, 0.29) is 32.9 Å². The topological polar surface area (TPSA) is 49.8 Å². The Morgan fingerprint density at radius 2 is 1.88 bits per heavy atom. The van der Waals surface area contributed by atoms with Crippen LogP contribution in [-0.4, -0.2) is 44.8 Å². The van der Waals surface area contributed by atoms with Crippen LogP contribution < -0.4 is 21.2 Å². The zero-order valence-corrected chi connectivity index (χ0v) is 13.4. The fourth-order valence-corrected chi connectivity index (χ4v) is 2.81. The van der Waals surface area contributed by atoms with Crippen molar-refractivity contribution in [3.8, 4) is 0 Å². The van der Waals surface area contributed by atoms with Crippen LogP contribution >= 0.6 is 0 Å². The van der Waals surface area contributed by atoms with Gasteiger partial charge in [0, 0.05) is 7.11 Å². The van der Waals surface area contributed by atoms with Gasteiger partial charge in [-0.2, -0.15) is 0 Å². The number of aliphatic hydroxyl groups is 1. The summed E-state index contributed by atoms with van der Waals surface area (Å²) in [6, 6.07) is 0. The van der Waals surface area contributed by atoms with Gasteiger partial charge in [0.15, 0.2) is 0 Å². The molecule has 0 atom stereocenters. The van der Waals surface area contributed by atoms with Crippen molar-refractivity contribution in [1.29, 1.82) is 0 Å². The van der Waals surface area contributed by atoms with Crippen LogP contribution in [-0.2, 0) is 4.74 Å². The number of alkyl halides is 2. The molecule has 0 rings (SSSR count). The van der Waals surface area contributed by atoms with Crippen LogP contribution in [0.3, 0.4) is 0 Å². The van der Waals surface area contributed by atoms with Gasteiger partial charge < -0.3 is 5.11 Å². The summed E-state index contributed by atoms with van der Waals surface area (Å²) in [5, 5.41) is 7.00. The molecule has 16 heavy (non-hydrogen) atoms. The molecular weight excluding hydrogens is 321 g/mol. The number of hydrogen-bond acceptors (Lipinski definition) is 3. The number of carbonyl (C=O) groups is 1. The first-order valence-electron chi connectivity index (χ1n) is 5.29. The molecule has 5 heteroatoms. The zero-order valence-electron chi connectivity index (χ0n) is 11.2. The number of halogens is 1.